The van der Waals surface area contributed by atoms with E-state index in [0.717, 1.165) is 6.54 Å². The van der Waals surface area contributed by atoms with Crippen molar-refractivity contribution in [2.24, 2.45) is 11.7 Å². The number of amides is 1. The number of hydrogen-bond donors (Lipinski definition) is 3. The van der Waals surface area contributed by atoms with Crippen molar-refractivity contribution in [1.29, 1.82) is 0 Å². The van der Waals surface area contributed by atoms with Gasteiger partial charge < -0.3 is 21.1 Å². The second kappa shape index (κ2) is 4.92. The molecule has 2 aliphatic rings. The fraction of sp³-hybridized carbons (Fsp3) is 0.900. The molecule has 0 spiro atoms. The number of nitrogens with two attached hydrogens (primary N) is 1. The first-order valence-corrected chi connectivity index (χ1v) is 5.62. The zero-order valence-electron chi connectivity index (χ0n) is 8.87. The molecule has 0 radical (unpaired) electrons. The van der Waals surface area contributed by atoms with Crippen molar-refractivity contribution >= 4 is 5.91 Å². The first-order chi connectivity index (χ1) is 7.27. The Morgan fingerprint density at radius 3 is 3.00 bits per heavy atom. The quantitative estimate of drug-likeness (QED) is 0.550. The number of ether oxygens (including phenoxy) is 1. The predicted octanol–water partition coefficient (Wildman–Crippen LogP) is -1.17. The summed E-state index contributed by atoms with van der Waals surface area (Å²) in [4.78, 5) is 11.6. The van der Waals surface area contributed by atoms with Crippen LogP contribution in [0, 0.1) is 5.92 Å². The molecular weight excluding hydrogens is 194 g/mol. The van der Waals surface area contributed by atoms with E-state index in [4.69, 9.17) is 10.5 Å². The zero-order chi connectivity index (χ0) is 10.7. The van der Waals surface area contributed by atoms with Crippen molar-refractivity contribution in [2.45, 2.75) is 24.9 Å². The Kier molecular flexibility index (Phi) is 3.56. The molecule has 2 fully saturated rings. The highest BCUT2D eigenvalue weighted by Gasteiger charge is 2.29. The molecule has 1 aliphatic carbocycles. The van der Waals surface area contributed by atoms with E-state index < -0.39 is 0 Å². The van der Waals surface area contributed by atoms with Crippen molar-refractivity contribution in [2.75, 3.05) is 26.3 Å². The van der Waals surface area contributed by atoms with Gasteiger partial charge in [0.25, 0.3) is 0 Å². The largest absolute Gasteiger partial charge is 0.378 e. The van der Waals surface area contributed by atoms with Crippen molar-refractivity contribution in [3.05, 3.63) is 0 Å². The zero-order valence-corrected chi connectivity index (χ0v) is 8.87. The van der Waals surface area contributed by atoms with Crippen LogP contribution in [0.1, 0.15) is 12.8 Å². The molecule has 1 amide bonds. The number of hydrogen-bond acceptors (Lipinski definition) is 4. The summed E-state index contributed by atoms with van der Waals surface area (Å²) in [5.41, 5.74) is 5.89. The summed E-state index contributed by atoms with van der Waals surface area (Å²) in [7, 11) is 0. The molecule has 86 valence electrons. The Morgan fingerprint density at radius 2 is 2.40 bits per heavy atom. The van der Waals surface area contributed by atoms with E-state index in [9.17, 15) is 4.79 Å². The maximum Gasteiger partial charge on any atom is 0.239 e. The van der Waals surface area contributed by atoms with Crippen LogP contribution in [0.25, 0.3) is 0 Å². The van der Waals surface area contributed by atoms with Crippen LogP contribution >= 0.6 is 0 Å². The van der Waals surface area contributed by atoms with Gasteiger partial charge in [0.15, 0.2) is 0 Å². The minimum absolute atomic E-state index is 0.00537. The number of nitrogens with one attached hydrogen (secondary N) is 2. The summed E-state index contributed by atoms with van der Waals surface area (Å²) in [5, 5.41) is 5.98. The summed E-state index contributed by atoms with van der Waals surface area (Å²) in [5.74, 6) is 0.631. The van der Waals surface area contributed by atoms with Gasteiger partial charge in [0.2, 0.25) is 5.91 Å². The fourth-order valence-corrected chi connectivity index (χ4v) is 1.77. The lowest BCUT2D eigenvalue weighted by atomic mass is 10.2. The third kappa shape index (κ3) is 3.15. The molecule has 1 aliphatic heterocycles. The summed E-state index contributed by atoms with van der Waals surface area (Å²) in [6, 6.07) is -0.0800. The van der Waals surface area contributed by atoms with Gasteiger partial charge in [-0.25, -0.2) is 0 Å². The molecule has 2 rings (SSSR count). The first kappa shape index (κ1) is 10.9. The Balaban J connectivity index is 1.66. The Labute approximate surface area is 89.7 Å². The second-order valence-corrected chi connectivity index (χ2v) is 4.33. The number of carbonyl (C=O) groups excluding carboxylic acids is 1. The highest BCUT2D eigenvalue weighted by atomic mass is 16.5. The SMILES string of the molecule is NC(CNC(=O)C1COCCN1)C1CC1. The van der Waals surface area contributed by atoms with Gasteiger partial charge in [-0.05, 0) is 18.8 Å². The van der Waals surface area contributed by atoms with E-state index in [-0.39, 0.29) is 18.0 Å². The van der Waals surface area contributed by atoms with Gasteiger partial charge in [-0.15, -0.1) is 0 Å². The molecule has 2 unspecified atom stereocenters. The van der Waals surface area contributed by atoms with Gasteiger partial charge in [0.1, 0.15) is 6.04 Å². The minimum atomic E-state index is -0.204. The summed E-state index contributed by atoms with van der Waals surface area (Å²) >= 11 is 0. The van der Waals surface area contributed by atoms with E-state index in [1.807, 2.05) is 0 Å². The molecule has 1 heterocycles. The van der Waals surface area contributed by atoms with E-state index in [1.165, 1.54) is 12.8 Å². The Hall–Kier alpha value is -0.650. The average Bonchev–Trinajstić information content (AvgIpc) is 3.10. The molecule has 1 saturated heterocycles. The second-order valence-electron chi connectivity index (χ2n) is 4.33. The molecule has 2 atom stereocenters. The third-order valence-electron chi connectivity index (χ3n) is 2.98. The summed E-state index contributed by atoms with van der Waals surface area (Å²) in [6.45, 7) is 2.48. The van der Waals surface area contributed by atoms with Gasteiger partial charge >= 0.3 is 0 Å². The van der Waals surface area contributed by atoms with Crippen LogP contribution in [0.2, 0.25) is 0 Å². The van der Waals surface area contributed by atoms with E-state index in [2.05, 4.69) is 10.6 Å². The molecule has 4 N–H and O–H groups in total. The van der Waals surface area contributed by atoms with E-state index in [0.29, 0.717) is 25.7 Å². The predicted molar refractivity (Wildman–Crippen MR) is 56.3 cm³/mol. The highest BCUT2D eigenvalue weighted by Crippen LogP contribution is 2.31. The maximum absolute atomic E-state index is 11.6. The van der Waals surface area contributed by atoms with Crippen LogP contribution in [0.5, 0.6) is 0 Å². The van der Waals surface area contributed by atoms with Crippen molar-refractivity contribution < 1.29 is 9.53 Å². The standard InChI is InChI=1S/C10H19N3O2/c11-8(7-1-2-7)5-13-10(14)9-6-15-4-3-12-9/h7-9,12H,1-6,11H2,(H,13,14). The van der Waals surface area contributed by atoms with Crippen molar-refractivity contribution in [3.63, 3.8) is 0 Å². The molecule has 0 bridgehead atoms. The lowest BCUT2D eigenvalue weighted by Gasteiger charge is -2.23. The normalized spacial score (nSPS) is 28.5. The van der Waals surface area contributed by atoms with Crippen molar-refractivity contribution in [1.82, 2.24) is 10.6 Å². The van der Waals surface area contributed by atoms with Crippen LogP contribution in [-0.4, -0.2) is 44.3 Å². The number of morpholine rings is 1. The molecule has 5 nitrogen and oxygen atoms in total. The van der Waals surface area contributed by atoms with Crippen LogP contribution in [0.3, 0.4) is 0 Å². The van der Waals surface area contributed by atoms with Crippen LogP contribution in [0.4, 0.5) is 0 Å². The molecule has 5 heteroatoms. The molecule has 15 heavy (non-hydrogen) atoms. The Bertz CT molecular complexity index is 225. The number of rotatable bonds is 4. The summed E-state index contributed by atoms with van der Waals surface area (Å²) in [6.07, 6.45) is 2.42. The van der Waals surface area contributed by atoms with Gasteiger partial charge in [-0.3, -0.25) is 4.79 Å². The fourth-order valence-electron chi connectivity index (χ4n) is 1.77. The van der Waals surface area contributed by atoms with Gasteiger partial charge in [0.05, 0.1) is 13.2 Å². The summed E-state index contributed by atoms with van der Waals surface area (Å²) < 4.78 is 5.22. The molecule has 0 aromatic carbocycles. The first-order valence-electron chi connectivity index (χ1n) is 5.62. The van der Waals surface area contributed by atoms with Gasteiger partial charge in [-0.2, -0.15) is 0 Å². The van der Waals surface area contributed by atoms with Crippen LogP contribution < -0.4 is 16.4 Å². The maximum atomic E-state index is 11.6. The minimum Gasteiger partial charge on any atom is -0.378 e. The van der Waals surface area contributed by atoms with Gasteiger partial charge in [0, 0.05) is 19.1 Å². The lowest BCUT2D eigenvalue weighted by molar-refractivity contribution is -0.125. The molecular formula is C10H19N3O2. The number of carbonyl (C=O) groups is 1. The highest BCUT2D eigenvalue weighted by molar-refractivity contribution is 5.82. The van der Waals surface area contributed by atoms with Gasteiger partial charge in [-0.1, -0.05) is 0 Å². The topological polar surface area (TPSA) is 76.4 Å². The molecule has 0 aromatic rings. The van der Waals surface area contributed by atoms with E-state index in [1.54, 1.807) is 0 Å². The Morgan fingerprint density at radius 1 is 1.60 bits per heavy atom. The smallest absolute Gasteiger partial charge is 0.239 e. The van der Waals surface area contributed by atoms with Crippen LogP contribution in [-0.2, 0) is 9.53 Å². The third-order valence-corrected chi connectivity index (χ3v) is 2.98. The molecule has 1 saturated carbocycles. The lowest BCUT2D eigenvalue weighted by Crippen LogP contribution is -2.53. The van der Waals surface area contributed by atoms with E-state index >= 15 is 0 Å². The molecule has 0 aromatic heterocycles. The van der Waals surface area contributed by atoms with Crippen LogP contribution in [0.15, 0.2) is 0 Å². The monoisotopic (exact) mass is 213 g/mol. The van der Waals surface area contributed by atoms with Crippen molar-refractivity contribution in [3.8, 4) is 0 Å². The average molecular weight is 213 g/mol.